The second kappa shape index (κ2) is 11.3. The molecule has 2 fully saturated rings. The molecule has 12 nitrogen and oxygen atoms in total. The molecule has 2 aliphatic heterocycles. The summed E-state index contributed by atoms with van der Waals surface area (Å²) in [6.45, 7) is 11.3. The van der Waals surface area contributed by atoms with Crippen molar-refractivity contribution in [3.8, 4) is 0 Å². The van der Waals surface area contributed by atoms with Gasteiger partial charge in [-0.15, -0.1) is 0 Å². The predicted octanol–water partition coefficient (Wildman–Crippen LogP) is 3.83. The van der Waals surface area contributed by atoms with Crippen LogP contribution in [0.15, 0.2) is 43.0 Å². The van der Waals surface area contributed by atoms with Gasteiger partial charge in [-0.05, 0) is 59.7 Å². The highest BCUT2D eigenvalue weighted by atomic mass is 16.8. The van der Waals surface area contributed by atoms with Gasteiger partial charge in [-0.25, -0.2) is 19.7 Å². The van der Waals surface area contributed by atoms with Gasteiger partial charge in [0.25, 0.3) is 0 Å². The van der Waals surface area contributed by atoms with E-state index in [1.165, 1.54) is 6.33 Å². The van der Waals surface area contributed by atoms with Crippen molar-refractivity contribution >= 4 is 28.8 Å². The van der Waals surface area contributed by atoms with E-state index in [-0.39, 0.29) is 24.4 Å². The van der Waals surface area contributed by atoms with Crippen LogP contribution in [-0.2, 0) is 18.9 Å². The lowest BCUT2D eigenvalue weighted by Gasteiger charge is -2.25. The summed E-state index contributed by atoms with van der Waals surface area (Å²) in [7, 11) is 1.74. The first kappa shape index (κ1) is 28.2. The van der Waals surface area contributed by atoms with Crippen LogP contribution in [0.4, 0.5) is 16.3 Å². The van der Waals surface area contributed by atoms with Crippen molar-refractivity contribution in [3.05, 3.63) is 43.0 Å². The molecule has 0 unspecified atom stereocenters. The van der Waals surface area contributed by atoms with Crippen molar-refractivity contribution in [1.29, 1.82) is 0 Å². The lowest BCUT2D eigenvalue weighted by Crippen LogP contribution is -2.39. The number of ether oxygens (including phenoxy) is 4. The summed E-state index contributed by atoms with van der Waals surface area (Å²) in [6, 6.07) is 9.81. The number of amides is 1. The predicted molar refractivity (Wildman–Crippen MR) is 149 cm³/mol. The van der Waals surface area contributed by atoms with Crippen LogP contribution in [0.1, 0.15) is 47.3 Å². The number of anilines is 2. The Hall–Kier alpha value is -3.32. The molecule has 5 rings (SSSR count). The maximum atomic E-state index is 12.2. The number of hydrogen-bond acceptors (Lipinski definition) is 10. The first-order chi connectivity index (χ1) is 19.0. The molecular formula is C28H39N7O5. The summed E-state index contributed by atoms with van der Waals surface area (Å²) < 4.78 is 26.4. The SMILES string of the molecule is CN(CCCNC[C@H]1O[C@@H](n2cnc3c(Nc4ccccc4)ncnc32)[C@@H]2OC(C)(C)O[C@@H]21)C(=O)OC(C)(C)C. The number of hydrogen-bond donors (Lipinski definition) is 2. The zero-order chi connectivity index (χ0) is 28.5. The third kappa shape index (κ3) is 6.35. The van der Waals surface area contributed by atoms with Gasteiger partial charge in [0.2, 0.25) is 0 Å². The van der Waals surface area contributed by atoms with E-state index in [0.29, 0.717) is 36.6 Å². The molecule has 0 bridgehead atoms. The Morgan fingerprint density at radius 3 is 2.62 bits per heavy atom. The van der Waals surface area contributed by atoms with E-state index in [1.807, 2.05) is 69.5 Å². The summed E-state index contributed by atoms with van der Waals surface area (Å²) in [5.41, 5.74) is 1.68. The van der Waals surface area contributed by atoms with Crippen LogP contribution in [-0.4, -0.2) is 86.9 Å². The Morgan fingerprint density at radius 1 is 1.12 bits per heavy atom. The molecule has 4 atom stereocenters. The van der Waals surface area contributed by atoms with Gasteiger partial charge < -0.3 is 34.5 Å². The number of benzene rings is 1. The van der Waals surface area contributed by atoms with Gasteiger partial charge in [-0.1, -0.05) is 18.2 Å². The molecule has 2 aliphatic rings. The average Bonchev–Trinajstić information content (AvgIpc) is 3.55. The minimum Gasteiger partial charge on any atom is -0.444 e. The fourth-order valence-corrected chi connectivity index (χ4v) is 4.95. The van der Waals surface area contributed by atoms with Crippen LogP contribution in [0.5, 0.6) is 0 Å². The highest BCUT2D eigenvalue weighted by Gasteiger charge is 2.56. The molecular weight excluding hydrogens is 514 g/mol. The molecule has 1 amide bonds. The Balaban J connectivity index is 1.23. The topological polar surface area (TPSA) is 125 Å². The fourth-order valence-electron chi connectivity index (χ4n) is 4.95. The van der Waals surface area contributed by atoms with E-state index in [2.05, 4.69) is 25.6 Å². The molecule has 2 saturated heterocycles. The van der Waals surface area contributed by atoms with E-state index in [4.69, 9.17) is 18.9 Å². The molecule has 4 heterocycles. The van der Waals surface area contributed by atoms with Crippen LogP contribution in [0.3, 0.4) is 0 Å². The molecule has 0 saturated carbocycles. The van der Waals surface area contributed by atoms with Gasteiger partial charge in [0, 0.05) is 25.8 Å². The van der Waals surface area contributed by atoms with E-state index in [9.17, 15) is 4.79 Å². The monoisotopic (exact) mass is 553 g/mol. The van der Waals surface area contributed by atoms with E-state index < -0.39 is 17.6 Å². The zero-order valence-electron chi connectivity index (χ0n) is 24.0. The summed E-state index contributed by atoms with van der Waals surface area (Å²) in [5, 5.41) is 6.77. The Morgan fingerprint density at radius 2 is 1.88 bits per heavy atom. The van der Waals surface area contributed by atoms with Crippen LogP contribution < -0.4 is 10.6 Å². The van der Waals surface area contributed by atoms with Crippen LogP contribution >= 0.6 is 0 Å². The molecule has 2 aromatic heterocycles. The lowest BCUT2D eigenvalue weighted by molar-refractivity contribution is -0.195. The van der Waals surface area contributed by atoms with Crippen LogP contribution in [0.25, 0.3) is 11.2 Å². The van der Waals surface area contributed by atoms with Crippen LogP contribution in [0, 0.1) is 0 Å². The minimum absolute atomic E-state index is 0.249. The summed E-state index contributed by atoms with van der Waals surface area (Å²) in [5.74, 6) is -0.125. The molecule has 216 valence electrons. The van der Waals surface area contributed by atoms with E-state index in [1.54, 1.807) is 18.3 Å². The minimum atomic E-state index is -0.739. The lowest BCUT2D eigenvalue weighted by atomic mass is 10.1. The summed E-state index contributed by atoms with van der Waals surface area (Å²) in [6.07, 6.45) is 2.35. The summed E-state index contributed by atoms with van der Waals surface area (Å²) in [4.78, 5) is 27.3. The smallest absolute Gasteiger partial charge is 0.410 e. The third-order valence-electron chi connectivity index (χ3n) is 6.69. The van der Waals surface area contributed by atoms with Crippen molar-refractivity contribution in [1.82, 2.24) is 29.7 Å². The molecule has 1 aromatic carbocycles. The van der Waals surface area contributed by atoms with Crippen molar-refractivity contribution in [2.45, 2.75) is 77.0 Å². The second-order valence-electron chi connectivity index (χ2n) is 11.6. The van der Waals surface area contributed by atoms with Crippen molar-refractivity contribution in [2.24, 2.45) is 0 Å². The number of imidazole rings is 1. The highest BCUT2D eigenvalue weighted by molar-refractivity contribution is 5.85. The standard InChI is InChI=1S/C28H39N7O5/c1-27(2,3)40-26(36)34(6)14-10-13-29-15-19-21-22(39-28(4,5)38-21)25(37-19)35-17-32-20-23(30-16-31-24(20)35)33-18-11-8-7-9-12-18/h7-9,11-12,16-17,19,21-22,25,29H,10,13-15H2,1-6H3,(H,30,31,33)/t19-,21-,22-,25-/m1/s1. The first-order valence-corrected chi connectivity index (χ1v) is 13.7. The van der Waals surface area contributed by atoms with Gasteiger partial charge >= 0.3 is 6.09 Å². The molecule has 3 aromatic rings. The number of aromatic nitrogens is 4. The Labute approximate surface area is 234 Å². The largest absolute Gasteiger partial charge is 0.444 e. The number of rotatable bonds is 9. The maximum absolute atomic E-state index is 12.2. The van der Waals surface area contributed by atoms with Gasteiger partial charge in [0.05, 0.1) is 6.33 Å². The van der Waals surface area contributed by atoms with Gasteiger partial charge in [0.1, 0.15) is 30.2 Å². The maximum Gasteiger partial charge on any atom is 0.410 e. The molecule has 12 heteroatoms. The van der Waals surface area contributed by atoms with Gasteiger partial charge in [0.15, 0.2) is 29.0 Å². The van der Waals surface area contributed by atoms with Crippen molar-refractivity contribution in [3.63, 3.8) is 0 Å². The Bertz CT molecular complexity index is 1310. The first-order valence-electron chi connectivity index (χ1n) is 13.7. The number of para-hydroxylation sites is 1. The van der Waals surface area contributed by atoms with Crippen molar-refractivity contribution in [2.75, 3.05) is 32.0 Å². The number of fused-ring (bicyclic) bond motifs is 2. The molecule has 0 radical (unpaired) electrons. The van der Waals surface area contributed by atoms with E-state index in [0.717, 1.165) is 12.1 Å². The highest BCUT2D eigenvalue weighted by Crippen LogP contribution is 2.43. The van der Waals surface area contributed by atoms with Gasteiger partial charge in [-0.3, -0.25) is 4.57 Å². The third-order valence-corrected chi connectivity index (χ3v) is 6.69. The molecule has 0 aliphatic carbocycles. The average molecular weight is 554 g/mol. The molecule has 0 spiro atoms. The van der Waals surface area contributed by atoms with Crippen LogP contribution in [0.2, 0.25) is 0 Å². The summed E-state index contributed by atoms with van der Waals surface area (Å²) >= 11 is 0. The normalized spacial score (nSPS) is 23.8. The second-order valence-corrected chi connectivity index (χ2v) is 11.6. The Kier molecular flexibility index (Phi) is 7.96. The fraction of sp³-hybridized carbons (Fsp3) is 0.571. The number of nitrogens with one attached hydrogen (secondary N) is 2. The zero-order valence-corrected chi connectivity index (χ0v) is 24.0. The van der Waals surface area contributed by atoms with Crippen molar-refractivity contribution < 1.29 is 23.7 Å². The quantitative estimate of drug-likeness (QED) is 0.378. The van der Waals surface area contributed by atoms with E-state index >= 15 is 0 Å². The van der Waals surface area contributed by atoms with Gasteiger partial charge in [-0.2, -0.15) is 0 Å². The number of nitrogens with zero attached hydrogens (tertiary/aromatic N) is 5. The number of carbonyl (C=O) groups is 1. The molecule has 2 N–H and O–H groups in total. The molecule has 40 heavy (non-hydrogen) atoms. The number of carbonyl (C=O) groups excluding carboxylic acids is 1.